The fourth-order valence-corrected chi connectivity index (χ4v) is 5.23. The molecule has 4 rings (SSSR count). The third-order valence-electron chi connectivity index (χ3n) is 5.44. The molecule has 14 heteroatoms. The highest BCUT2D eigenvalue weighted by molar-refractivity contribution is 7.86. The zero-order valence-corrected chi connectivity index (χ0v) is 21.8. The maximum atomic E-state index is 11.9. The average molecular weight is 580 g/mol. The zero-order valence-electron chi connectivity index (χ0n) is 19.3. The SMILES string of the molecule is COc1ccc(-c2cc(-c3ccc(S(=O)(=O)O)cc3)[o+]c(-c3ccc(S(=O)(=O)O)cc3)c2)cc1S(=O)(=O)O. The van der Waals surface area contributed by atoms with Crippen LogP contribution in [0, 0.1) is 0 Å². The molecule has 0 spiro atoms. The fourth-order valence-electron chi connectivity index (χ4n) is 3.59. The van der Waals surface area contributed by atoms with Gasteiger partial charge in [0.2, 0.25) is 0 Å². The highest BCUT2D eigenvalue weighted by Gasteiger charge is 2.24. The molecule has 1 aromatic heterocycles. The van der Waals surface area contributed by atoms with Gasteiger partial charge in [0.15, 0.2) is 0 Å². The summed E-state index contributed by atoms with van der Waals surface area (Å²) in [5, 5.41) is 0. The molecular weight excluding hydrogens is 560 g/mol. The Balaban J connectivity index is 1.93. The van der Waals surface area contributed by atoms with Gasteiger partial charge < -0.3 is 4.74 Å². The fraction of sp³-hybridized carbons (Fsp3) is 0.0417. The first-order valence-corrected chi connectivity index (χ1v) is 14.8. The van der Waals surface area contributed by atoms with Gasteiger partial charge in [-0.15, -0.1) is 0 Å². The second-order valence-corrected chi connectivity index (χ2v) is 12.1. The molecule has 38 heavy (non-hydrogen) atoms. The van der Waals surface area contributed by atoms with Gasteiger partial charge in [0.25, 0.3) is 30.4 Å². The number of methoxy groups -OCH3 is 1. The van der Waals surface area contributed by atoms with E-state index in [1.807, 2.05) is 0 Å². The molecule has 0 atom stereocenters. The van der Waals surface area contributed by atoms with Crippen LogP contribution in [0.2, 0.25) is 0 Å². The molecule has 4 aromatic rings. The van der Waals surface area contributed by atoms with Gasteiger partial charge in [-0.25, -0.2) is 4.42 Å². The van der Waals surface area contributed by atoms with E-state index >= 15 is 0 Å². The van der Waals surface area contributed by atoms with Crippen molar-refractivity contribution in [1.82, 2.24) is 0 Å². The largest absolute Gasteiger partial charge is 0.495 e. The molecule has 0 fully saturated rings. The molecular formula is C24H19O11S3+. The van der Waals surface area contributed by atoms with Crippen molar-refractivity contribution in [2.24, 2.45) is 0 Å². The molecule has 1 heterocycles. The summed E-state index contributed by atoms with van der Waals surface area (Å²) < 4.78 is 109. The topological polar surface area (TPSA) is 184 Å². The van der Waals surface area contributed by atoms with Crippen molar-refractivity contribution < 1.29 is 48.1 Å². The van der Waals surface area contributed by atoms with Crippen LogP contribution in [0.3, 0.4) is 0 Å². The summed E-state index contributed by atoms with van der Waals surface area (Å²) in [7, 11) is -12.3. The molecule has 0 radical (unpaired) electrons. The Morgan fingerprint density at radius 2 is 0.974 bits per heavy atom. The van der Waals surface area contributed by atoms with Crippen LogP contribution >= 0.6 is 0 Å². The molecule has 0 aliphatic rings. The second kappa shape index (κ2) is 9.90. The molecule has 3 aromatic carbocycles. The van der Waals surface area contributed by atoms with Gasteiger partial charge in [-0.1, -0.05) is 6.07 Å². The average Bonchev–Trinajstić information content (AvgIpc) is 2.86. The predicted molar refractivity (Wildman–Crippen MR) is 135 cm³/mol. The van der Waals surface area contributed by atoms with Crippen molar-refractivity contribution in [3.8, 4) is 39.5 Å². The summed E-state index contributed by atoms with van der Waals surface area (Å²) in [5.74, 6) is 0.309. The Labute approximate surface area is 218 Å². The minimum absolute atomic E-state index is 0.0843. The highest BCUT2D eigenvalue weighted by Crippen LogP contribution is 2.36. The first-order valence-electron chi connectivity index (χ1n) is 10.5. The van der Waals surface area contributed by atoms with Crippen molar-refractivity contribution >= 4 is 30.4 Å². The first kappa shape index (κ1) is 27.4. The van der Waals surface area contributed by atoms with E-state index < -0.39 is 35.2 Å². The van der Waals surface area contributed by atoms with E-state index in [0.29, 0.717) is 22.3 Å². The molecule has 0 aliphatic carbocycles. The molecule has 0 aliphatic heterocycles. The maximum absolute atomic E-state index is 11.9. The van der Waals surface area contributed by atoms with Crippen LogP contribution in [-0.2, 0) is 30.4 Å². The molecule has 0 saturated heterocycles. The van der Waals surface area contributed by atoms with Crippen LogP contribution in [-0.4, -0.2) is 46.0 Å². The van der Waals surface area contributed by atoms with Crippen molar-refractivity contribution in [2.75, 3.05) is 7.11 Å². The van der Waals surface area contributed by atoms with Crippen molar-refractivity contribution in [3.63, 3.8) is 0 Å². The Morgan fingerprint density at radius 1 is 0.553 bits per heavy atom. The van der Waals surface area contributed by atoms with Gasteiger partial charge in [-0.2, -0.15) is 25.3 Å². The van der Waals surface area contributed by atoms with Gasteiger partial charge in [-0.05, 0) is 66.2 Å². The number of rotatable bonds is 7. The summed E-state index contributed by atoms with van der Waals surface area (Å²) in [6, 6.07) is 17.3. The number of benzene rings is 3. The lowest BCUT2D eigenvalue weighted by Crippen LogP contribution is -2.02. The Hall–Kier alpha value is -3.66. The molecule has 0 unspecified atom stereocenters. The number of hydrogen-bond acceptors (Lipinski definition) is 7. The van der Waals surface area contributed by atoms with Crippen LogP contribution < -0.4 is 4.74 Å². The molecule has 3 N–H and O–H groups in total. The van der Waals surface area contributed by atoms with Crippen LogP contribution in [0.5, 0.6) is 5.75 Å². The predicted octanol–water partition coefficient (Wildman–Crippen LogP) is 4.31. The quantitative estimate of drug-likeness (QED) is 0.209. The molecule has 0 saturated carbocycles. The summed E-state index contributed by atoms with van der Waals surface area (Å²) in [6.45, 7) is 0. The van der Waals surface area contributed by atoms with E-state index in [2.05, 4.69) is 0 Å². The lowest BCUT2D eigenvalue weighted by Gasteiger charge is -2.09. The minimum Gasteiger partial charge on any atom is -0.495 e. The van der Waals surface area contributed by atoms with Gasteiger partial charge >= 0.3 is 11.5 Å². The van der Waals surface area contributed by atoms with Crippen LogP contribution in [0.15, 0.2) is 98.0 Å². The van der Waals surface area contributed by atoms with Crippen LogP contribution in [0.25, 0.3) is 33.8 Å². The van der Waals surface area contributed by atoms with Gasteiger partial charge in [-0.3, -0.25) is 13.7 Å². The van der Waals surface area contributed by atoms with E-state index in [4.69, 9.17) is 9.15 Å². The molecule has 0 bridgehead atoms. The van der Waals surface area contributed by atoms with Crippen LogP contribution in [0.1, 0.15) is 0 Å². The summed E-state index contributed by atoms with van der Waals surface area (Å²) in [5.41, 5.74) is 1.52. The Kier molecular flexibility index (Phi) is 7.13. The molecule has 198 valence electrons. The van der Waals surface area contributed by atoms with Gasteiger partial charge in [0.1, 0.15) is 10.6 Å². The lowest BCUT2D eigenvalue weighted by atomic mass is 10.0. The Bertz CT molecular complexity index is 1750. The first-order chi connectivity index (χ1) is 17.7. The summed E-state index contributed by atoms with van der Waals surface area (Å²) in [4.78, 5) is -1.16. The van der Waals surface area contributed by atoms with E-state index in [1.54, 1.807) is 6.07 Å². The third kappa shape index (κ3) is 5.91. The lowest BCUT2D eigenvalue weighted by molar-refractivity contribution is 0.397. The normalized spacial score (nSPS) is 12.3. The molecule has 0 amide bonds. The zero-order chi connectivity index (χ0) is 27.9. The van der Waals surface area contributed by atoms with E-state index in [1.165, 1.54) is 55.6 Å². The smallest absolute Gasteiger partial charge is 0.361 e. The summed E-state index contributed by atoms with van der Waals surface area (Å²) >= 11 is 0. The van der Waals surface area contributed by atoms with Crippen molar-refractivity contribution in [2.45, 2.75) is 14.7 Å². The Morgan fingerprint density at radius 3 is 1.34 bits per heavy atom. The second-order valence-electron chi connectivity index (χ2n) is 7.91. The van der Waals surface area contributed by atoms with Crippen LogP contribution in [0.4, 0.5) is 0 Å². The van der Waals surface area contributed by atoms with E-state index in [-0.39, 0.29) is 27.1 Å². The van der Waals surface area contributed by atoms with Crippen molar-refractivity contribution in [1.29, 1.82) is 0 Å². The monoisotopic (exact) mass is 579 g/mol. The van der Waals surface area contributed by atoms with E-state index in [9.17, 15) is 38.9 Å². The highest BCUT2D eigenvalue weighted by atomic mass is 32.2. The summed E-state index contributed by atoms with van der Waals surface area (Å²) in [6.07, 6.45) is 0. The number of hydrogen-bond donors (Lipinski definition) is 3. The number of ether oxygens (including phenoxy) is 1. The van der Waals surface area contributed by atoms with Crippen molar-refractivity contribution in [3.05, 3.63) is 78.9 Å². The molecule has 11 nitrogen and oxygen atoms in total. The standard InChI is InChI=1S/C24H18O11S3/c1-34-21-11-6-17(14-24(21)38(31,32)33)18-12-22(15-2-7-19(8-3-15)36(25,26)27)35-23(13-18)16-4-9-20(10-5-16)37(28,29)30/h2-14H,1H3,(H2-,25,26,27,28,29,30,31,32,33)/p+1. The maximum Gasteiger partial charge on any atom is 0.361 e. The third-order valence-corrected chi connectivity index (χ3v) is 8.05. The van der Waals surface area contributed by atoms with Gasteiger partial charge in [0.05, 0.1) is 40.2 Å². The van der Waals surface area contributed by atoms with E-state index in [0.717, 1.165) is 24.3 Å². The minimum atomic E-state index is -4.65. The van der Waals surface area contributed by atoms with Gasteiger partial charge in [0, 0.05) is 5.56 Å².